The monoisotopic (exact) mass is 549 g/mol. The fourth-order valence-electron chi connectivity index (χ4n) is 2.52. The smallest absolute Gasteiger partial charge is 0.537 e. The Labute approximate surface area is 185 Å². The fraction of sp³-hybridized carbons (Fsp3) is 0.0476. The Bertz CT molecular complexity index is 1020. The van der Waals surface area contributed by atoms with E-state index < -0.39 is 0 Å². The van der Waals surface area contributed by atoms with Crippen LogP contribution in [0.25, 0.3) is 21.5 Å². The highest BCUT2D eigenvalue weighted by Crippen LogP contribution is 2.24. The van der Waals surface area contributed by atoms with E-state index in [4.69, 9.17) is 9.68 Å². The van der Waals surface area contributed by atoms with Gasteiger partial charge >= 0.3 is 7.69 Å². The Balaban J connectivity index is 0.000000189. The van der Waals surface area contributed by atoms with Gasteiger partial charge in [-0.15, -0.1) is 0 Å². The first-order chi connectivity index (χ1) is 12.5. The van der Waals surface area contributed by atoms with E-state index in [1.165, 1.54) is 10.8 Å². The summed E-state index contributed by atoms with van der Waals surface area (Å²) in [6.45, 7) is 0. The first kappa shape index (κ1) is 22.0. The number of rotatable bonds is 2. The highest BCUT2D eigenvalue weighted by Gasteiger charge is 1.98. The van der Waals surface area contributed by atoms with Crippen molar-refractivity contribution in [3.63, 3.8) is 0 Å². The molecule has 0 saturated heterocycles. The van der Waals surface area contributed by atoms with E-state index in [2.05, 4.69) is 84.2 Å². The molecule has 0 saturated carbocycles. The molecule has 137 valence electrons. The highest BCUT2D eigenvalue weighted by molar-refractivity contribution is 9.11. The van der Waals surface area contributed by atoms with Crippen molar-refractivity contribution in [2.75, 3.05) is 0 Å². The first-order valence-electron chi connectivity index (χ1n) is 7.72. The van der Waals surface area contributed by atoms with E-state index in [9.17, 15) is 0 Å². The van der Waals surface area contributed by atoms with Gasteiger partial charge in [0.2, 0.25) is 0 Å². The van der Waals surface area contributed by atoms with E-state index in [1.54, 1.807) is 0 Å². The SMILES string of the molecule is Brc1ccc2ccc(Br)cc2c1.C.O[B]Oc1ccc2ccc(Br)cc2c1. The molecular weight excluding hydrogens is 535 g/mol. The molecule has 0 amide bonds. The zero-order chi connectivity index (χ0) is 18.5. The predicted octanol–water partition coefficient (Wildman–Crippen LogP) is 7.51. The summed E-state index contributed by atoms with van der Waals surface area (Å²) in [6, 6.07) is 24.2. The van der Waals surface area contributed by atoms with Gasteiger partial charge in [0.1, 0.15) is 5.75 Å². The summed E-state index contributed by atoms with van der Waals surface area (Å²) in [6.07, 6.45) is 0. The first-order valence-corrected chi connectivity index (χ1v) is 10.1. The predicted molar refractivity (Wildman–Crippen MR) is 126 cm³/mol. The lowest BCUT2D eigenvalue weighted by atomic mass is 10.1. The highest BCUT2D eigenvalue weighted by atomic mass is 79.9. The molecule has 0 atom stereocenters. The van der Waals surface area contributed by atoms with Gasteiger partial charge in [0, 0.05) is 13.4 Å². The minimum absolute atomic E-state index is 0. The van der Waals surface area contributed by atoms with E-state index in [-0.39, 0.29) is 7.43 Å². The minimum atomic E-state index is 0. The number of benzene rings is 4. The third-order valence-electron chi connectivity index (χ3n) is 3.73. The van der Waals surface area contributed by atoms with Gasteiger partial charge in [0.25, 0.3) is 0 Å². The van der Waals surface area contributed by atoms with Crippen LogP contribution in [0.15, 0.2) is 86.2 Å². The van der Waals surface area contributed by atoms with Crippen LogP contribution in [-0.4, -0.2) is 12.7 Å². The van der Waals surface area contributed by atoms with Gasteiger partial charge in [0.05, 0.1) is 0 Å². The summed E-state index contributed by atoms with van der Waals surface area (Å²) in [7, 11) is 0.680. The van der Waals surface area contributed by atoms with Gasteiger partial charge in [-0.05, 0) is 70.1 Å². The van der Waals surface area contributed by atoms with Crippen molar-refractivity contribution in [3.8, 4) is 5.75 Å². The molecule has 0 fully saturated rings. The zero-order valence-corrected chi connectivity index (χ0v) is 18.3. The third-order valence-corrected chi connectivity index (χ3v) is 5.21. The van der Waals surface area contributed by atoms with Gasteiger partial charge < -0.3 is 9.68 Å². The normalized spacial score (nSPS) is 9.93. The molecule has 0 spiro atoms. The van der Waals surface area contributed by atoms with Crippen molar-refractivity contribution in [1.29, 1.82) is 0 Å². The molecule has 4 rings (SSSR count). The second-order valence-electron chi connectivity index (χ2n) is 5.51. The molecular formula is C21H17BBr3O2. The van der Waals surface area contributed by atoms with Gasteiger partial charge in [0.15, 0.2) is 0 Å². The Kier molecular flexibility index (Phi) is 8.36. The van der Waals surface area contributed by atoms with Crippen LogP contribution in [0.3, 0.4) is 0 Å². The van der Waals surface area contributed by atoms with E-state index in [0.717, 1.165) is 24.2 Å². The van der Waals surface area contributed by atoms with Gasteiger partial charge in [-0.3, -0.25) is 0 Å². The van der Waals surface area contributed by atoms with Crippen LogP contribution < -0.4 is 4.65 Å². The molecule has 0 aromatic heterocycles. The van der Waals surface area contributed by atoms with Crippen molar-refractivity contribution in [2.24, 2.45) is 0 Å². The number of halogens is 3. The lowest BCUT2D eigenvalue weighted by Crippen LogP contribution is -1.99. The van der Waals surface area contributed by atoms with Crippen LogP contribution in [0, 0.1) is 0 Å². The second-order valence-corrected chi connectivity index (χ2v) is 8.26. The van der Waals surface area contributed by atoms with Gasteiger partial charge in [-0.1, -0.05) is 79.5 Å². The quantitative estimate of drug-likeness (QED) is 0.261. The number of hydrogen-bond donors (Lipinski definition) is 1. The molecule has 0 bridgehead atoms. The minimum Gasteiger partial charge on any atom is -0.537 e. The summed E-state index contributed by atoms with van der Waals surface area (Å²) >= 11 is 10.3. The zero-order valence-electron chi connectivity index (χ0n) is 13.5. The molecule has 6 heteroatoms. The summed E-state index contributed by atoms with van der Waals surface area (Å²) in [4.78, 5) is 0. The van der Waals surface area contributed by atoms with Crippen molar-refractivity contribution in [1.82, 2.24) is 0 Å². The molecule has 0 heterocycles. The van der Waals surface area contributed by atoms with Crippen molar-refractivity contribution >= 4 is 77.0 Å². The molecule has 1 radical (unpaired) electrons. The fourth-order valence-corrected chi connectivity index (χ4v) is 3.65. The van der Waals surface area contributed by atoms with Crippen LogP contribution in [0.2, 0.25) is 0 Å². The van der Waals surface area contributed by atoms with Crippen molar-refractivity contribution in [3.05, 3.63) is 86.2 Å². The molecule has 27 heavy (non-hydrogen) atoms. The Hall–Kier alpha value is -1.34. The Morgan fingerprint density at radius 3 is 1.44 bits per heavy atom. The number of hydrogen-bond acceptors (Lipinski definition) is 2. The lowest BCUT2D eigenvalue weighted by molar-refractivity contribution is 0.454. The molecule has 1 N–H and O–H groups in total. The molecule has 0 aliphatic carbocycles. The largest absolute Gasteiger partial charge is 0.569 e. The third kappa shape index (κ3) is 6.08. The Morgan fingerprint density at radius 1 is 0.593 bits per heavy atom. The molecule has 4 aromatic rings. The average Bonchev–Trinajstić information content (AvgIpc) is 2.62. The van der Waals surface area contributed by atoms with Crippen LogP contribution in [0.4, 0.5) is 0 Å². The van der Waals surface area contributed by atoms with E-state index in [0.29, 0.717) is 13.4 Å². The van der Waals surface area contributed by atoms with Crippen molar-refractivity contribution in [2.45, 2.75) is 7.43 Å². The van der Waals surface area contributed by atoms with Crippen LogP contribution in [0.1, 0.15) is 7.43 Å². The second kappa shape index (κ2) is 10.3. The summed E-state index contributed by atoms with van der Waals surface area (Å²) in [5.74, 6) is 0.623. The standard InChI is InChI=1S/C10H7BBrO2.C10H6Br2.CH4/c12-9-3-1-7-2-4-10(14-11-13)6-8(7)5-9;11-9-3-1-7-2-4-10(12)6-8(7)5-9;/h1-6,13H;1-6H;1H4. The average molecular weight is 552 g/mol. The molecule has 0 aliphatic heterocycles. The molecule has 2 nitrogen and oxygen atoms in total. The van der Waals surface area contributed by atoms with E-state index in [1.807, 2.05) is 36.4 Å². The van der Waals surface area contributed by atoms with Crippen LogP contribution in [0.5, 0.6) is 5.75 Å². The number of fused-ring (bicyclic) bond motifs is 2. The van der Waals surface area contributed by atoms with E-state index >= 15 is 0 Å². The molecule has 0 unspecified atom stereocenters. The van der Waals surface area contributed by atoms with Gasteiger partial charge in [-0.25, -0.2) is 0 Å². The van der Waals surface area contributed by atoms with Gasteiger partial charge in [-0.2, -0.15) is 0 Å². The molecule has 4 aromatic carbocycles. The maximum absolute atomic E-state index is 8.49. The van der Waals surface area contributed by atoms with Crippen LogP contribution in [-0.2, 0) is 0 Å². The Morgan fingerprint density at radius 2 is 1.00 bits per heavy atom. The topological polar surface area (TPSA) is 29.5 Å². The lowest BCUT2D eigenvalue weighted by Gasteiger charge is -2.03. The summed E-state index contributed by atoms with van der Waals surface area (Å²) < 4.78 is 8.13. The maximum atomic E-state index is 8.49. The summed E-state index contributed by atoms with van der Waals surface area (Å²) in [5, 5.41) is 13.2. The van der Waals surface area contributed by atoms with Crippen molar-refractivity contribution < 1.29 is 9.68 Å². The molecule has 0 aliphatic rings. The van der Waals surface area contributed by atoms with Crippen LogP contribution >= 0.6 is 47.8 Å². The summed E-state index contributed by atoms with van der Waals surface area (Å²) in [5.41, 5.74) is 0. The maximum Gasteiger partial charge on any atom is 0.569 e.